The van der Waals surface area contributed by atoms with E-state index < -0.39 is 0 Å². The monoisotopic (exact) mass is 204 g/mol. The fourth-order valence-corrected chi connectivity index (χ4v) is 1.62. The minimum Gasteiger partial charge on any atom is -0.485 e. The summed E-state index contributed by atoms with van der Waals surface area (Å²) in [6.45, 7) is 0.454. The van der Waals surface area contributed by atoms with Crippen molar-refractivity contribution in [2.75, 3.05) is 20.3 Å². The minimum absolute atomic E-state index is 0.00921. The molecule has 4 nitrogen and oxygen atoms in total. The fourth-order valence-electron chi connectivity index (χ4n) is 0.951. The second kappa shape index (κ2) is 5.06. The summed E-state index contributed by atoms with van der Waals surface area (Å²) in [7, 11) is 1.00. The number of rotatable bonds is 1. The van der Waals surface area contributed by atoms with Gasteiger partial charge in [-0.25, -0.2) is 0 Å². The first-order valence-corrected chi connectivity index (χ1v) is 4.75. The third-order valence-electron chi connectivity index (χ3n) is 1.52. The van der Waals surface area contributed by atoms with Gasteiger partial charge in [-0.2, -0.15) is 0 Å². The van der Waals surface area contributed by atoms with Crippen LogP contribution in [-0.4, -0.2) is 36.6 Å². The van der Waals surface area contributed by atoms with Crippen molar-refractivity contribution < 1.29 is 19.7 Å². The number of hydrogen-bond donors (Lipinski definition) is 2. The lowest BCUT2D eigenvalue weighted by Crippen LogP contribution is -2.31. The van der Waals surface area contributed by atoms with Gasteiger partial charge in [-0.15, -0.1) is 11.3 Å². The Labute approximate surface area is 80.3 Å². The maximum atomic E-state index is 8.75. The van der Waals surface area contributed by atoms with Crippen molar-refractivity contribution in [3.63, 3.8) is 0 Å². The highest BCUT2D eigenvalue weighted by molar-refractivity contribution is 7.08. The van der Waals surface area contributed by atoms with Crippen molar-refractivity contribution >= 4 is 11.3 Å². The van der Waals surface area contributed by atoms with E-state index in [0.717, 1.165) is 18.6 Å². The summed E-state index contributed by atoms with van der Waals surface area (Å²) < 4.78 is 10.6. The lowest BCUT2D eigenvalue weighted by atomic mass is 10.3. The molecule has 0 fully saturated rings. The van der Waals surface area contributed by atoms with Crippen molar-refractivity contribution in [2.24, 2.45) is 0 Å². The number of aliphatic hydroxyl groups is 2. The molecule has 1 aliphatic rings. The van der Waals surface area contributed by atoms with E-state index in [1.54, 1.807) is 0 Å². The van der Waals surface area contributed by atoms with Crippen LogP contribution < -0.4 is 9.47 Å². The maximum absolute atomic E-state index is 8.75. The SMILES string of the molecule is CO.OCC1COc2cscc2O1. The molecule has 0 saturated carbocycles. The molecular weight excluding hydrogens is 192 g/mol. The van der Waals surface area contributed by atoms with Crippen LogP contribution in [0.15, 0.2) is 10.8 Å². The number of fused-ring (bicyclic) bond motifs is 1. The van der Waals surface area contributed by atoms with Gasteiger partial charge in [0.05, 0.1) is 6.61 Å². The summed E-state index contributed by atoms with van der Waals surface area (Å²) in [4.78, 5) is 0. The summed E-state index contributed by atoms with van der Waals surface area (Å²) in [5.41, 5.74) is 0. The molecule has 1 aliphatic heterocycles. The predicted molar refractivity (Wildman–Crippen MR) is 49.5 cm³/mol. The molecule has 2 heterocycles. The Balaban J connectivity index is 0.000000396. The molecule has 0 bridgehead atoms. The molecule has 0 spiro atoms. The number of ether oxygens (including phenoxy) is 2. The van der Waals surface area contributed by atoms with Gasteiger partial charge >= 0.3 is 0 Å². The molecule has 2 rings (SSSR count). The van der Waals surface area contributed by atoms with Crippen LogP contribution in [0.4, 0.5) is 0 Å². The quantitative estimate of drug-likeness (QED) is 0.699. The van der Waals surface area contributed by atoms with Crippen LogP contribution in [0.3, 0.4) is 0 Å². The summed E-state index contributed by atoms with van der Waals surface area (Å²) in [6.07, 6.45) is -0.197. The highest BCUT2D eigenvalue weighted by atomic mass is 32.1. The molecule has 0 aromatic carbocycles. The molecule has 1 unspecified atom stereocenters. The number of hydrogen-bond acceptors (Lipinski definition) is 5. The summed E-state index contributed by atoms with van der Waals surface area (Å²) in [5, 5.41) is 19.5. The van der Waals surface area contributed by atoms with Crippen LogP contribution >= 0.6 is 11.3 Å². The fraction of sp³-hybridized carbons (Fsp3) is 0.500. The van der Waals surface area contributed by atoms with Crippen LogP contribution in [0, 0.1) is 0 Å². The molecule has 0 aliphatic carbocycles. The Morgan fingerprint density at radius 1 is 1.46 bits per heavy atom. The maximum Gasteiger partial charge on any atom is 0.172 e. The Morgan fingerprint density at radius 3 is 2.85 bits per heavy atom. The largest absolute Gasteiger partial charge is 0.485 e. The van der Waals surface area contributed by atoms with Gasteiger partial charge in [-0.3, -0.25) is 0 Å². The Kier molecular flexibility index (Phi) is 4.01. The van der Waals surface area contributed by atoms with Crippen molar-refractivity contribution in [2.45, 2.75) is 6.10 Å². The molecule has 0 amide bonds. The molecule has 0 radical (unpaired) electrons. The van der Waals surface area contributed by atoms with E-state index in [1.807, 2.05) is 10.8 Å². The summed E-state index contributed by atoms with van der Waals surface area (Å²) >= 11 is 1.54. The topological polar surface area (TPSA) is 58.9 Å². The number of aliphatic hydroxyl groups excluding tert-OH is 2. The van der Waals surface area contributed by atoms with Crippen molar-refractivity contribution in [3.05, 3.63) is 10.8 Å². The molecule has 5 heteroatoms. The van der Waals surface area contributed by atoms with Gasteiger partial charge in [-0.05, 0) is 0 Å². The van der Waals surface area contributed by atoms with Gasteiger partial charge in [0.2, 0.25) is 0 Å². The molecule has 1 aromatic heterocycles. The average Bonchev–Trinajstić information content (AvgIpc) is 2.67. The van der Waals surface area contributed by atoms with E-state index in [0.29, 0.717) is 6.61 Å². The predicted octanol–water partition coefficient (Wildman–Crippen LogP) is 0.489. The van der Waals surface area contributed by atoms with E-state index in [2.05, 4.69) is 0 Å². The molecule has 1 atom stereocenters. The summed E-state index contributed by atoms with van der Waals surface area (Å²) in [6, 6.07) is 0. The van der Waals surface area contributed by atoms with Crippen LogP contribution in [0.2, 0.25) is 0 Å². The molecule has 74 valence electrons. The normalized spacial score (nSPS) is 18.8. The smallest absolute Gasteiger partial charge is 0.172 e. The Bertz CT molecular complexity index is 248. The van der Waals surface area contributed by atoms with Crippen LogP contribution in [0.5, 0.6) is 11.5 Å². The second-order valence-corrected chi connectivity index (χ2v) is 3.08. The van der Waals surface area contributed by atoms with Gasteiger partial charge in [0.1, 0.15) is 6.61 Å². The standard InChI is InChI=1S/C7H8O3S.CH4O/c8-1-5-2-9-6-3-11-4-7(6)10-5;1-2/h3-5,8H,1-2H2;2H,1H3. The zero-order valence-electron chi connectivity index (χ0n) is 7.27. The highest BCUT2D eigenvalue weighted by Gasteiger charge is 2.20. The second-order valence-electron chi connectivity index (χ2n) is 2.33. The molecule has 1 aromatic rings. The van der Waals surface area contributed by atoms with E-state index >= 15 is 0 Å². The average molecular weight is 204 g/mol. The zero-order valence-corrected chi connectivity index (χ0v) is 8.08. The van der Waals surface area contributed by atoms with Crippen molar-refractivity contribution in [3.8, 4) is 11.5 Å². The minimum atomic E-state index is -0.197. The van der Waals surface area contributed by atoms with Crippen molar-refractivity contribution in [1.29, 1.82) is 0 Å². The third-order valence-corrected chi connectivity index (χ3v) is 2.22. The van der Waals surface area contributed by atoms with Gasteiger partial charge in [-0.1, -0.05) is 0 Å². The third kappa shape index (κ3) is 2.33. The van der Waals surface area contributed by atoms with Crippen LogP contribution in [0.25, 0.3) is 0 Å². The van der Waals surface area contributed by atoms with E-state index in [9.17, 15) is 0 Å². The first-order valence-electron chi connectivity index (χ1n) is 3.81. The molecule has 2 N–H and O–H groups in total. The van der Waals surface area contributed by atoms with Crippen molar-refractivity contribution in [1.82, 2.24) is 0 Å². The van der Waals surface area contributed by atoms with E-state index in [1.165, 1.54) is 11.3 Å². The van der Waals surface area contributed by atoms with Gasteiger partial charge < -0.3 is 19.7 Å². The Hall–Kier alpha value is -0.780. The van der Waals surface area contributed by atoms with Gasteiger partial charge in [0.15, 0.2) is 17.6 Å². The van der Waals surface area contributed by atoms with Gasteiger partial charge in [0.25, 0.3) is 0 Å². The lowest BCUT2D eigenvalue weighted by Gasteiger charge is -2.22. The lowest BCUT2D eigenvalue weighted by molar-refractivity contribution is 0.0466. The molecule has 0 saturated heterocycles. The first kappa shape index (κ1) is 10.3. The van der Waals surface area contributed by atoms with E-state index in [4.69, 9.17) is 19.7 Å². The van der Waals surface area contributed by atoms with Crippen LogP contribution in [0.1, 0.15) is 0 Å². The number of thiophene rings is 1. The summed E-state index contributed by atoms with van der Waals surface area (Å²) in [5.74, 6) is 1.54. The highest BCUT2D eigenvalue weighted by Crippen LogP contribution is 2.34. The first-order chi connectivity index (χ1) is 6.40. The molecular formula is C8H12O4S. The van der Waals surface area contributed by atoms with Gasteiger partial charge in [0, 0.05) is 17.9 Å². The Morgan fingerprint density at radius 2 is 2.15 bits per heavy atom. The zero-order chi connectivity index (χ0) is 9.68. The van der Waals surface area contributed by atoms with Crippen LogP contribution in [-0.2, 0) is 0 Å². The van der Waals surface area contributed by atoms with E-state index in [-0.39, 0.29) is 12.7 Å². The molecule has 13 heavy (non-hydrogen) atoms.